The fourth-order valence-corrected chi connectivity index (χ4v) is 4.97. The third kappa shape index (κ3) is 4.69. The van der Waals surface area contributed by atoms with Crippen LogP contribution in [-0.2, 0) is 10.0 Å². The van der Waals surface area contributed by atoms with Crippen LogP contribution in [0.25, 0.3) is 0 Å². The van der Waals surface area contributed by atoms with E-state index >= 15 is 0 Å². The first kappa shape index (κ1) is 19.9. The van der Waals surface area contributed by atoms with Crippen molar-refractivity contribution in [3.63, 3.8) is 0 Å². The van der Waals surface area contributed by atoms with Gasteiger partial charge in [0.1, 0.15) is 5.75 Å². The van der Waals surface area contributed by atoms with Crippen LogP contribution in [-0.4, -0.2) is 40.1 Å². The number of sulfonamides is 1. The van der Waals surface area contributed by atoms with E-state index in [1.54, 1.807) is 13.2 Å². The zero-order valence-electron chi connectivity index (χ0n) is 16.2. The minimum absolute atomic E-state index is 0.0129. The molecule has 0 radical (unpaired) electrons. The summed E-state index contributed by atoms with van der Waals surface area (Å²) in [5.74, 6) is 0.801. The summed E-state index contributed by atoms with van der Waals surface area (Å²) >= 11 is 0. The van der Waals surface area contributed by atoms with E-state index in [9.17, 15) is 8.42 Å². The second-order valence-corrected chi connectivity index (χ2v) is 8.89. The van der Waals surface area contributed by atoms with Gasteiger partial charge in [0.05, 0.1) is 12.0 Å². The molecule has 146 valence electrons. The van der Waals surface area contributed by atoms with Crippen LogP contribution >= 0.6 is 0 Å². The molecule has 1 saturated heterocycles. The Labute approximate surface area is 162 Å². The molecule has 0 amide bonds. The van der Waals surface area contributed by atoms with E-state index in [1.165, 1.54) is 0 Å². The van der Waals surface area contributed by atoms with E-state index < -0.39 is 10.0 Å². The number of hydrogen-bond acceptors (Lipinski definition) is 4. The first-order valence-electron chi connectivity index (χ1n) is 9.35. The number of hydrogen-bond donors (Lipinski definition) is 1. The maximum Gasteiger partial charge on any atom is 0.240 e. The van der Waals surface area contributed by atoms with Gasteiger partial charge in [-0.25, -0.2) is 13.1 Å². The molecular weight excluding hydrogens is 360 g/mol. The molecule has 0 bridgehead atoms. The summed E-state index contributed by atoms with van der Waals surface area (Å²) in [6, 6.07) is 13.3. The zero-order chi connectivity index (χ0) is 19.4. The standard InChI is InChI=1S/C21H28N2O3S/c1-16-6-11-21(17(2)14-16)27(24,25)22-15-20(23-12-4-5-13-23)18-7-9-19(26-3)10-8-18/h6-11,14,20,22H,4-5,12-13,15H2,1-3H3/t20-/m1/s1. The molecule has 1 fully saturated rings. The van der Waals surface area contributed by atoms with Gasteiger partial charge in [0.2, 0.25) is 10.0 Å². The van der Waals surface area contributed by atoms with Crippen LogP contribution in [0.1, 0.15) is 35.6 Å². The summed E-state index contributed by atoms with van der Waals surface area (Å²) in [6.45, 7) is 6.12. The highest BCUT2D eigenvalue weighted by Gasteiger charge is 2.26. The predicted octanol–water partition coefficient (Wildman–Crippen LogP) is 3.43. The Kier molecular flexibility index (Phi) is 6.19. The smallest absolute Gasteiger partial charge is 0.240 e. The Morgan fingerprint density at radius 2 is 1.74 bits per heavy atom. The highest BCUT2D eigenvalue weighted by atomic mass is 32.2. The Hall–Kier alpha value is -1.89. The molecule has 0 aromatic heterocycles. The number of benzene rings is 2. The molecule has 0 spiro atoms. The van der Waals surface area contributed by atoms with E-state index in [2.05, 4.69) is 9.62 Å². The highest BCUT2D eigenvalue weighted by Crippen LogP contribution is 2.27. The number of nitrogens with one attached hydrogen (secondary N) is 1. The van der Waals surface area contributed by atoms with E-state index in [4.69, 9.17) is 4.74 Å². The molecule has 1 heterocycles. The molecule has 1 aliphatic heterocycles. The molecule has 27 heavy (non-hydrogen) atoms. The van der Waals surface area contributed by atoms with E-state index in [0.29, 0.717) is 11.4 Å². The lowest BCUT2D eigenvalue weighted by atomic mass is 10.1. The molecular formula is C21H28N2O3S. The van der Waals surface area contributed by atoms with Gasteiger partial charge in [-0.2, -0.15) is 0 Å². The van der Waals surface area contributed by atoms with Crippen LogP contribution in [0.5, 0.6) is 5.75 Å². The second kappa shape index (κ2) is 8.42. The van der Waals surface area contributed by atoms with E-state index in [-0.39, 0.29) is 6.04 Å². The van der Waals surface area contributed by atoms with Gasteiger partial charge in [0.25, 0.3) is 0 Å². The quantitative estimate of drug-likeness (QED) is 0.790. The lowest BCUT2D eigenvalue weighted by Gasteiger charge is -2.28. The first-order chi connectivity index (χ1) is 12.9. The maximum atomic E-state index is 12.9. The van der Waals surface area contributed by atoms with Gasteiger partial charge in [-0.1, -0.05) is 29.8 Å². The van der Waals surface area contributed by atoms with Crippen LogP contribution in [0, 0.1) is 13.8 Å². The summed E-state index contributed by atoms with van der Waals surface area (Å²) < 4.78 is 33.8. The minimum atomic E-state index is -3.55. The highest BCUT2D eigenvalue weighted by molar-refractivity contribution is 7.89. The normalized spacial score (nSPS) is 16.4. The average molecular weight is 389 g/mol. The Morgan fingerprint density at radius 1 is 1.07 bits per heavy atom. The molecule has 6 heteroatoms. The largest absolute Gasteiger partial charge is 0.497 e. The van der Waals surface area contributed by atoms with Gasteiger partial charge in [-0.05, 0) is 69.1 Å². The number of methoxy groups -OCH3 is 1. The number of nitrogens with zero attached hydrogens (tertiary/aromatic N) is 1. The van der Waals surface area contributed by atoms with Crippen molar-refractivity contribution >= 4 is 10.0 Å². The second-order valence-electron chi connectivity index (χ2n) is 7.15. The van der Waals surface area contributed by atoms with Gasteiger partial charge in [0.15, 0.2) is 0 Å². The molecule has 1 N–H and O–H groups in total. The molecule has 0 saturated carbocycles. The van der Waals surface area contributed by atoms with Crippen molar-refractivity contribution in [3.8, 4) is 5.75 Å². The van der Waals surface area contributed by atoms with Crippen LogP contribution in [0.3, 0.4) is 0 Å². The fraction of sp³-hybridized carbons (Fsp3) is 0.429. The van der Waals surface area contributed by atoms with Crippen molar-refractivity contribution in [2.24, 2.45) is 0 Å². The van der Waals surface area contributed by atoms with Crippen molar-refractivity contribution in [2.45, 2.75) is 37.6 Å². The predicted molar refractivity (Wildman–Crippen MR) is 108 cm³/mol. The van der Waals surface area contributed by atoms with Crippen molar-refractivity contribution in [1.82, 2.24) is 9.62 Å². The third-order valence-corrected chi connectivity index (χ3v) is 6.75. The molecule has 5 nitrogen and oxygen atoms in total. The monoisotopic (exact) mass is 388 g/mol. The molecule has 0 unspecified atom stereocenters. The topological polar surface area (TPSA) is 58.6 Å². The molecule has 1 atom stereocenters. The molecule has 0 aliphatic carbocycles. The summed E-state index contributed by atoms with van der Waals surface area (Å²) in [4.78, 5) is 2.70. The zero-order valence-corrected chi connectivity index (χ0v) is 17.1. The lowest BCUT2D eigenvalue weighted by Crippen LogP contribution is -2.37. The van der Waals surface area contributed by atoms with Gasteiger partial charge < -0.3 is 4.74 Å². The molecule has 2 aromatic rings. The van der Waals surface area contributed by atoms with Gasteiger partial charge in [-0.3, -0.25) is 4.90 Å². The van der Waals surface area contributed by atoms with Crippen molar-refractivity contribution < 1.29 is 13.2 Å². The van der Waals surface area contributed by atoms with E-state index in [0.717, 1.165) is 48.4 Å². The van der Waals surface area contributed by atoms with Crippen LogP contribution < -0.4 is 9.46 Å². The summed E-state index contributed by atoms with van der Waals surface area (Å²) in [6.07, 6.45) is 2.30. The summed E-state index contributed by atoms with van der Waals surface area (Å²) in [5, 5.41) is 0. The minimum Gasteiger partial charge on any atom is -0.497 e. The third-order valence-electron chi connectivity index (χ3n) is 5.17. The van der Waals surface area contributed by atoms with Gasteiger partial charge >= 0.3 is 0 Å². The van der Waals surface area contributed by atoms with Crippen LogP contribution in [0.15, 0.2) is 47.4 Å². The van der Waals surface area contributed by atoms with Crippen molar-refractivity contribution in [1.29, 1.82) is 0 Å². The summed E-state index contributed by atoms with van der Waals surface area (Å²) in [5.41, 5.74) is 2.92. The van der Waals surface area contributed by atoms with E-state index in [1.807, 2.05) is 50.2 Å². The van der Waals surface area contributed by atoms with Crippen molar-refractivity contribution in [2.75, 3.05) is 26.7 Å². The Balaban J connectivity index is 1.81. The number of aryl methyl sites for hydroxylation is 2. The Bertz CT molecular complexity index is 873. The van der Waals surface area contributed by atoms with Crippen LogP contribution in [0.4, 0.5) is 0 Å². The maximum absolute atomic E-state index is 12.9. The SMILES string of the molecule is COc1ccc([C@@H](CNS(=O)(=O)c2ccc(C)cc2C)N2CCCC2)cc1. The lowest BCUT2D eigenvalue weighted by molar-refractivity contribution is 0.246. The number of rotatable bonds is 7. The average Bonchev–Trinajstić information content (AvgIpc) is 3.16. The van der Waals surface area contributed by atoms with Crippen LogP contribution in [0.2, 0.25) is 0 Å². The molecule has 2 aromatic carbocycles. The number of ether oxygens (including phenoxy) is 1. The molecule has 3 rings (SSSR count). The first-order valence-corrected chi connectivity index (χ1v) is 10.8. The Morgan fingerprint density at radius 3 is 2.33 bits per heavy atom. The van der Waals surface area contributed by atoms with Gasteiger partial charge in [0, 0.05) is 12.6 Å². The number of likely N-dealkylation sites (tertiary alicyclic amines) is 1. The summed E-state index contributed by atoms with van der Waals surface area (Å²) in [7, 11) is -1.91. The fourth-order valence-electron chi connectivity index (χ4n) is 3.70. The van der Waals surface area contributed by atoms with Crippen molar-refractivity contribution in [3.05, 3.63) is 59.2 Å². The van der Waals surface area contributed by atoms with Gasteiger partial charge in [-0.15, -0.1) is 0 Å². The molecule has 1 aliphatic rings.